The Kier molecular flexibility index (Phi) is 5.22. The molecule has 0 unspecified atom stereocenters. The van der Waals surface area contributed by atoms with Crippen molar-refractivity contribution in [3.05, 3.63) is 114 Å². The highest BCUT2D eigenvalue weighted by atomic mass is 32.1. The zero-order valence-electron chi connectivity index (χ0n) is 17.2. The number of pyridine rings is 2. The minimum Gasteiger partial charge on any atom is -0.351 e. The van der Waals surface area contributed by atoms with E-state index in [1.165, 1.54) is 11.3 Å². The number of thiocarbonyl (C=S) groups is 1. The molecule has 4 aromatic rings. The van der Waals surface area contributed by atoms with Crippen molar-refractivity contribution in [1.82, 2.24) is 19.9 Å². The highest BCUT2D eigenvalue weighted by Gasteiger charge is 2.42. The molecule has 31 heavy (non-hydrogen) atoms. The highest BCUT2D eigenvalue weighted by Crippen LogP contribution is 2.41. The summed E-state index contributed by atoms with van der Waals surface area (Å²) in [5.74, 6) is 0. The number of rotatable bonds is 5. The largest absolute Gasteiger partial charge is 0.351 e. The molecule has 1 saturated heterocycles. The Morgan fingerprint density at radius 1 is 1.00 bits per heavy atom. The summed E-state index contributed by atoms with van der Waals surface area (Å²) in [7, 11) is 0. The first-order valence-electron chi connectivity index (χ1n) is 10.3. The average molecular weight is 426 g/mol. The molecule has 5 nitrogen and oxygen atoms in total. The fourth-order valence-corrected chi connectivity index (χ4v) is 4.59. The van der Waals surface area contributed by atoms with E-state index in [2.05, 4.69) is 86.4 Å². The van der Waals surface area contributed by atoms with E-state index in [1.807, 2.05) is 30.6 Å². The molecule has 0 radical (unpaired) electrons. The van der Waals surface area contributed by atoms with Crippen LogP contribution >= 0.6 is 12.2 Å². The lowest BCUT2D eigenvalue weighted by Crippen LogP contribution is -2.30. The third-order valence-corrected chi connectivity index (χ3v) is 5.94. The van der Waals surface area contributed by atoms with Crippen molar-refractivity contribution in [3.8, 4) is 0 Å². The van der Waals surface area contributed by atoms with E-state index in [0.717, 1.165) is 23.5 Å². The van der Waals surface area contributed by atoms with Gasteiger partial charge in [0.2, 0.25) is 0 Å². The van der Waals surface area contributed by atoms with Gasteiger partial charge >= 0.3 is 0 Å². The quantitative estimate of drug-likeness (QED) is 0.465. The first-order valence-corrected chi connectivity index (χ1v) is 10.7. The van der Waals surface area contributed by atoms with Crippen molar-refractivity contribution in [2.24, 2.45) is 0 Å². The van der Waals surface area contributed by atoms with E-state index in [9.17, 15) is 0 Å². The molecule has 1 aliphatic rings. The van der Waals surface area contributed by atoms with Crippen LogP contribution in [0.3, 0.4) is 0 Å². The number of nitrogens with zero attached hydrogens (tertiary/aromatic N) is 4. The number of aryl methyl sites for hydroxylation is 1. The molecule has 4 heterocycles. The monoisotopic (exact) mass is 425 g/mol. The summed E-state index contributed by atoms with van der Waals surface area (Å²) < 4.78 is 2.27. The highest BCUT2D eigenvalue weighted by molar-refractivity contribution is 7.80. The van der Waals surface area contributed by atoms with E-state index in [1.54, 1.807) is 6.20 Å². The maximum atomic E-state index is 5.83. The molecule has 5 rings (SSSR count). The number of benzene rings is 1. The Hall–Kier alpha value is -3.51. The predicted octanol–water partition coefficient (Wildman–Crippen LogP) is 4.81. The molecular formula is C25H23N5S. The standard InChI is InChI=1S/C25H23N5S/c1-18-7-4-9-20(15-18)30-24(23(28-25(30)31)21-10-2-3-13-27-21)22-11-6-14-29(22)17-19-8-5-12-26-16-19/h2-16,23-24H,17H2,1H3,(H,28,31)/t23-,24+/m0/s1. The van der Waals surface area contributed by atoms with Crippen molar-refractivity contribution >= 4 is 23.0 Å². The Morgan fingerprint density at radius 2 is 1.94 bits per heavy atom. The summed E-state index contributed by atoms with van der Waals surface area (Å²) in [6, 6.07) is 22.7. The zero-order chi connectivity index (χ0) is 21.2. The van der Waals surface area contributed by atoms with Crippen LogP contribution in [0, 0.1) is 6.92 Å². The van der Waals surface area contributed by atoms with Gasteiger partial charge in [-0.15, -0.1) is 0 Å². The van der Waals surface area contributed by atoms with Crippen LogP contribution in [0.5, 0.6) is 0 Å². The van der Waals surface area contributed by atoms with Gasteiger partial charge in [-0.25, -0.2) is 0 Å². The topological polar surface area (TPSA) is 46.0 Å². The van der Waals surface area contributed by atoms with Crippen LogP contribution in [-0.2, 0) is 6.54 Å². The van der Waals surface area contributed by atoms with Gasteiger partial charge in [0, 0.05) is 42.7 Å². The second kappa shape index (κ2) is 8.32. The number of hydrogen-bond donors (Lipinski definition) is 1. The van der Waals surface area contributed by atoms with Crippen LogP contribution in [0.1, 0.15) is 34.6 Å². The summed E-state index contributed by atoms with van der Waals surface area (Å²) in [5, 5.41) is 4.25. The molecule has 1 fully saturated rings. The Bertz CT molecular complexity index is 1190. The maximum Gasteiger partial charge on any atom is 0.174 e. The zero-order valence-corrected chi connectivity index (χ0v) is 18.0. The summed E-state index contributed by atoms with van der Waals surface area (Å²) >= 11 is 5.83. The number of nitrogens with one attached hydrogen (secondary N) is 1. The van der Waals surface area contributed by atoms with E-state index < -0.39 is 0 Å². The molecule has 6 heteroatoms. The van der Waals surface area contributed by atoms with Gasteiger partial charge in [0.25, 0.3) is 0 Å². The molecule has 154 valence electrons. The molecule has 1 aromatic carbocycles. The number of hydrogen-bond acceptors (Lipinski definition) is 3. The van der Waals surface area contributed by atoms with Gasteiger partial charge in [0.05, 0.1) is 11.7 Å². The van der Waals surface area contributed by atoms with E-state index in [-0.39, 0.29) is 12.1 Å². The summed E-state index contributed by atoms with van der Waals surface area (Å²) in [6.07, 6.45) is 7.67. The fourth-order valence-electron chi connectivity index (χ4n) is 4.24. The third kappa shape index (κ3) is 3.82. The van der Waals surface area contributed by atoms with Gasteiger partial charge in [0.15, 0.2) is 5.11 Å². The van der Waals surface area contributed by atoms with Gasteiger partial charge in [0.1, 0.15) is 6.04 Å². The van der Waals surface area contributed by atoms with Crippen molar-refractivity contribution in [2.75, 3.05) is 4.90 Å². The van der Waals surface area contributed by atoms with Crippen LogP contribution in [0.25, 0.3) is 0 Å². The van der Waals surface area contributed by atoms with Crippen LogP contribution in [0.2, 0.25) is 0 Å². The van der Waals surface area contributed by atoms with Crippen LogP contribution in [0.4, 0.5) is 5.69 Å². The third-order valence-electron chi connectivity index (χ3n) is 5.62. The minimum absolute atomic E-state index is 0.0316. The van der Waals surface area contributed by atoms with Crippen molar-refractivity contribution in [1.29, 1.82) is 0 Å². The molecular weight excluding hydrogens is 402 g/mol. The molecule has 1 aliphatic heterocycles. The lowest BCUT2D eigenvalue weighted by molar-refractivity contribution is 0.533. The number of aromatic nitrogens is 3. The maximum absolute atomic E-state index is 5.83. The smallest absolute Gasteiger partial charge is 0.174 e. The van der Waals surface area contributed by atoms with Crippen LogP contribution in [-0.4, -0.2) is 19.6 Å². The minimum atomic E-state index is -0.0586. The van der Waals surface area contributed by atoms with Crippen molar-refractivity contribution in [2.45, 2.75) is 25.6 Å². The van der Waals surface area contributed by atoms with Gasteiger partial charge in [-0.2, -0.15) is 0 Å². The fraction of sp³-hybridized carbons (Fsp3) is 0.160. The van der Waals surface area contributed by atoms with Gasteiger partial charge in [-0.3, -0.25) is 9.97 Å². The average Bonchev–Trinajstić information content (AvgIpc) is 3.38. The normalized spacial score (nSPS) is 18.2. The van der Waals surface area contributed by atoms with Crippen LogP contribution < -0.4 is 10.2 Å². The van der Waals surface area contributed by atoms with Crippen LogP contribution in [0.15, 0.2) is 91.5 Å². The lowest BCUT2D eigenvalue weighted by atomic mass is 10.0. The Morgan fingerprint density at radius 3 is 2.71 bits per heavy atom. The summed E-state index contributed by atoms with van der Waals surface area (Å²) in [6.45, 7) is 2.85. The molecule has 0 aliphatic carbocycles. The van der Waals surface area contributed by atoms with Gasteiger partial charge < -0.3 is 14.8 Å². The lowest BCUT2D eigenvalue weighted by Gasteiger charge is -2.29. The van der Waals surface area contributed by atoms with Crippen molar-refractivity contribution < 1.29 is 0 Å². The predicted molar refractivity (Wildman–Crippen MR) is 127 cm³/mol. The second-order valence-electron chi connectivity index (χ2n) is 7.76. The molecule has 0 saturated carbocycles. The number of anilines is 1. The van der Waals surface area contributed by atoms with Gasteiger partial charge in [-0.1, -0.05) is 24.3 Å². The molecule has 3 aromatic heterocycles. The molecule has 0 amide bonds. The first-order chi connectivity index (χ1) is 15.2. The van der Waals surface area contributed by atoms with Crippen molar-refractivity contribution in [3.63, 3.8) is 0 Å². The summed E-state index contributed by atoms with van der Waals surface area (Å²) in [4.78, 5) is 11.1. The first kappa shape index (κ1) is 19.5. The van der Waals surface area contributed by atoms with E-state index in [0.29, 0.717) is 5.11 Å². The molecule has 1 N–H and O–H groups in total. The molecule has 0 bridgehead atoms. The molecule has 0 spiro atoms. The SMILES string of the molecule is Cc1cccc(N2C(=S)N[C@@H](c3ccccn3)[C@H]2c2cccn2Cc2cccnc2)c1. The Balaban J connectivity index is 1.61. The van der Waals surface area contributed by atoms with Gasteiger partial charge in [-0.05, 0) is 72.7 Å². The Labute approximate surface area is 187 Å². The summed E-state index contributed by atoms with van der Waals surface area (Å²) in [5.41, 5.74) is 5.58. The van der Waals surface area contributed by atoms with E-state index in [4.69, 9.17) is 12.2 Å². The van der Waals surface area contributed by atoms with E-state index >= 15 is 0 Å². The molecule has 2 atom stereocenters. The second-order valence-corrected chi connectivity index (χ2v) is 8.14.